The van der Waals surface area contributed by atoms with E-state index in [2.05, 4.69) is 10.2 Å². The average molecular weight is 371 g/mol. The highest BCUT2D eigenvalue weighted by atomic mass is 17.1. The Balaban J connectivity index is 2.49. The molecule has 0 aliphatic rings. The molecule has 0 spiro atoms. The number of carbonyl (C=O) groups excluding carboxylic acids is 1. The van der Waals surface area contributed by atoms with E-state index in [1.807, 2.05) is 6.07 Å². The van der Waals surface area contributed by atoms with E-state index < -0.39 is 18.1 Å². The highest BCUT2D eigenvalue weighted by Crippen LogP contribution is 2.15. The number of hydrogen-bond donors (Lipinski definition) is 5. The molecule has 0 aliphatic carbocycles. The first kappa shape index (κ1) is 21.8. The SMILES string of the molecule is NCCCCC(NC(=O)Oc1cccc(CCCON(O)O)c1)C(=O)O. The molecule has 1 unspecified atom stereocenters. The number of benzene rings is 1. The zero-order chi connectivity index (χ0) is 19.4. The van der Waals surface area contributed by atoms with E-state index in [9.17, 15) is 9.59 Å². The van der Waals surface area contributed by atoms with Gasteiger partial charge in [0.05, 0.1) is 12.0 Å². The van der Waals surface area contributed by atoms with Crippen LogP contribution in [-0.4, -0.2) is 52.2 Å². The topological polar surface area (TPSA) is 155 Å². The number of amides is 1. The number of unbranched alkanes of at least 4 members (excludes halogenated alkanes) is 1. The summed E-state index contributed by atoms with van der Waals surface area (Å²) in [6, 6.07) is 5.69. The molecule has 26 heavy (non-hydrogen) atoms. The van der Waals surface area contributed by atoms with Gasteiger partial charge >= 0.3 is 12.1 Å². The average Bonchev–Trinajstić information content (AvgIpc) is 2.58. The highest BCUT2D eigenvalue weighted by Gasteiger charge is 2.20. The number of nitrogens with two attached hydrogens (primary N) is 1. The highest BCUT2D eigenvalue weighted by molar-refractivity contribution is 5.80. The molecule has 0 saturated carbocycles. The molecule has 10 heteroatoms. The summed E-state index contributed by atoms with van der Waals surface area (Å²) in [6.45, 7) is 0.560. The molecule has 0 aromatic heterocycles. The molecule has 10 nitrogen and oxygen atoms in total. The largest absolute Gasteiger partial charge is 0.480 e. The van der Waals surface area contributed by atoms with E-state index in [0.717, 1.165) is 5.56 Å². The van der Waals surface area contributed by atoms with Gasteiger partial charge in [0.15, 0.2) is 0 Å². The van der Waals surface area contributed by atoms with E-state index in [-0.39, 0.29) is 24.2 Å². The third kappa shape index (κ3) is 9.30. The van der Waals surface area contributed by atoms with E-state index in [1.54, 1.807) is 18.2 Å². The van der Waals surface area contributed by atoms with Gasteiger partial charge in [-0.3, -0.25) is 15.3 Å². The van der Waals surface area contributed by atoms with Crippen LogP contribution in [-0.2, 0) is 16.1 Å². The number of aryl methyl sites for hydroxylation is 1. The van der Waals surface area contributed by atoms with Crippen molar-refractivity contribution in [2.75, 3.05) is 13.2 Å². The van der Waals surface area contributed by atoms with Gasteiger partial charge in [-0.15, -0.1) is 0 Å². The number of nitrogens with one attached hydrogen (secondary N) is 1. The molecule has 0 aliphatic heterocycles. The number of aliphatic carboxylic acids is 1. The van der Waals surface area contributed by atoms with Crippen LogP contribution in [0.15, 0.2) is 24.3 Å². The molecular formula is C16H25N3O7. The fourth-order valence-electron chi connectivity index (χ4n) is 2.22. The number of carbonyl (C=O) groups is 2. The van der Waals surface area contributed by atoms with Crippen molar-refractivity contribution in [2.45, 2.75) is 38.1 Å². The Morgan fingerprint density at radius 3 is 2.65 bits per heavy atom. The third-order valence-corrected chi connectivity index (χ3v) is 3.46. The lowest BCUT2D eigenvalue weighted by molar-refractivity contribution is -0.492. The van der Waals surface area contributed by atoms with Crippen LogP contribution in [0.3, 0.4) is 0 Å². The molecule has 6 N–H and O–H groups in total. The fraction of sp³-hybridized carbons (Fsp3) is 0.500. The first-order chi connectivity index (χ1) is 12.4. The number of rotatable bonds is 12. The normalized spacial score (nSPS) is 12.0. The van der Waals surface area contributed by atoms with Crippen LogP contribution < -0.4 is 15.8 Å². The Morgan fingerprint density at radius 2 is 2.00 bits per heavy atom. The van der Waals surface area contributed by atoms with Crippen molar-refractivity contribution >= 4 is 12.1 Å². The standard InChI is InChI=1S/C16H25N3O7/c17-9-2-1-8-14(15(20)21)18-16(22)26-13-7-3-5-12(11-13)6-4-10-25-19(23)24/h3,5,7,11,14,23-24H,1-2,4,6,8-10,17H2,(H,18,22)(H,20,21). The van der Waals surface area contributed by atoms with Crippen molar-refractivity contribution in [3.8, 4) is 5.75 Å². The quantitative estimate of drug-likeness (QED) is 0.270. The van der Waals surface area contributed by atoms with Crippen LogP contribution in [0.2, 0.25) is 0 Å². The molecule has 0 heterocycles. The van der Waals surface area contributed by atoms with E-state index in [4.69, 9.17) is 26.0 Å². The summed E-state index contributed by atoms with van der Waals surface area (Å²) in [5, 5.41) is 28.0. The molecule has 1 amide bonds. The number of ether oxygens (including phenoxy) is 1. The monoisotopic (exact) mass is 371 g/mol. The molecule has 0 fully saturated rings. The van der Waals surface area contributed by atoms with Crippen molar-refractivity contribution in [3.63, 3.8) is 0 Å². The summed E-state index contributed by atoms with van der Waals surface area (Å²) >= 11 is 0. The Kier molecular flexibility index (Phi) is 10.2. The molecular weight excluding hydrogens is 346 g/mol. The maximum atomic E-state index is 11.9. The fourth-order valence-corrected chi connectivity index (χ4v) is 2.22. The van der Waals surface area contributed by atoms with Crippen LogP contribution >= 0.6 is 0 Å². The Morgan fingerprint density at radius 1 is 1.23 bits per heavy atom. The van der Waals surface area contributed by atoms with Crippen LogP contribution in [0.5, 0.6) is 5.75 Å². The minimum atomic E-state index is -1.13. The Labute approximate surface area is 151 Å². The lowest BCUT2D eigenvalue weighted by Crippen LogP contribution is -2.42. The maximum absolute atomic E-state index is 11.9. The number of carboxylic acids is 1. The second-order valence-electron chi connectivity index (χ2n) is 5.55. The van der Waals surface area contributed by atoms with Crippen molar-refractivity contribution in [1.82, 2.24) is 10.7 Å². The van der Waals surface area contributed by atoms with E-state index in [0.29, 0.717) is 32.2 Å². The molecule has 0 radical (unpaired) electrons. The molecule has 1 aromatic rings. The van der Waals surface area contributed by atoms with Gasteiger partial charge in [0.25, 0.3) is 0 Å². The van der Waals surface area contributed by atoms with E-state index >= 15 is 0 Å². The summed E-state index contributed by atoms with van der Waals surface area (Å²) in [5.74, 6) is -0.854. The van der Waals surface area contributed by atoms with Gasteiger partial charge in [0, 0.05) is 0 Å². The van der Waals surface area contributed by atoms with Gasteiger partial charge in [-0.25, -0.2) is 9.59 Å². The number of hydrogen-bond acceptors (Lipinski definition) is 8. The lowest BCUT2D eigenvalue weighted by atomic mass is 10.1. The summed E-state index contributed by atoms with van der Waals surface area (Å²) in [4.78, 5) is 27.5. The second kappa shape index (κ2) is 12.2. The predicted molar refractivity (Wildman–Crippen MR) is 89.6 cm³/mol. The molecule has 1 rings (SSSR count). The van der Waals surface area contributed by atoms with Crippen molar-refractivity contribution in [3.05, 3.63) is 29.8 Å². The minimum Gasteiger partial charge on any atom is -0.480 e. The van der Waals surface area contributed by atoms with Crippen molar-refractivity contribution in [2.24, 2.45) is 5.73 Å². The zero-order valence-electron chi connectivity index (χ0n) is 14.3. The molecule has 1 atom stereocenters. The smallest absolute Gasteiger partial charge is 0.413 e. The number of nitrogens with zero attached hydrogens (tertiary/aromatic N) is 1. The zero-order valence-corrected chi connectivity index (χ0v) is 14.3. The number of carboxylic acid groups (broad SMARTS) is 1. The summed E-state index contributed by atoms with van der Waals surface area (Å²) < 4.78 is 5.13. The van der Waals surface area contributed by atoms with Crippen molar-refractivity contribution in [1.29, 1.82) is 0 Å². The first-order valence-corrected chi connectivity index (χ1v) is 8.23. The summed E-state index contributed by atoms with van der Waals surface area (Å²) in [7, 11) is 0. The van der Waals surface area contributed by atoms with Gasteiger partial charge in [0.2, 0.25) is 0 Å². The summed E-state index contributed by atoms with van der Waals surface area (Å²) in [6.07, 6.45) is 1.76. The summed E-state index contributed by atoms with van der Waals surface area (Å²) in [5.41, 5.74) is 6.22. The van der Waals surface area contributed by atoms with Gasteiger partial charge in [-0.1, -0.05) is 12.1 Å². The van der Waals surface area contributed by atoms with E-state index in [1.165, 1.54) is 0 Å². The van der Waals surface area contributed by atoms with Gasteiger partial charge in [0.1, 0.15) is 11.8 Å². The lowest BCUT2D eigenvalue weighted by Gasteiger charge is -2.14. The Bertz CT molecular complexity index is 569. The Hall–Kier alpha value is -2.24. The van der Waals surface area contributed by atoms with Crippen LogP contribution in [0.4, 0.5) is 4.79 Å². The third-order valence-electron chi connectivity index (χ3n) is 3.46. The molecule has 0 saturated heterocycles. The second-order valence-corrected chi connectivity index (χ2v) is 5.55. The first-order valence-electron chi connectivity index (χ1n) is 8.23. The van der Waals surface area contributed by atoms with Crippen LogP contribution in [0, 0.1) is 0 Å². The van der Waals surface area contributed by atoms with Gasteiger partial charge < -0.3 is 20.9 Å². The molecule has 146 valence electrons. The molecule has 0 bridgehead atoms. The van der Waals surface area contributed by atoms with Gasteiger partial charge in [-0.05, 0) is 56.3 Å². The van der Waals surface area contributed by atoms with Crippen LogP contribution in [0.1, 0.15) is 31.2 Å². The maximum Gasteiger partial charge on any atom is 0.413 e. The molecule has 1 aromatic carbocycles. The van der Waals surface area contributed by atoms with Crippen molar-refractivity contribution < 1.29 is 34.7 Å². The predicted octanol–water partition coefficient (Wildman–Crippen LogP) is 1.30. The minimum absolute atomic E-state index is 0.0989. The van der Waals surface area contributed by atoms with Crippen LogP contribution in [0.25, 0.3) is 0 Å². The van der Waals surface area contributed by atoms with Gasteiger partial charge in [-0.2, -0.15) is 0 Å².